The first kappa shape index (κ1) is 10.9. The maximum absolute atomic E-state index is 5.93. The Balaban J connectivity index is 2.64. The Kier molecular flexibility index (Phi) is 2.78. The zero-order valence-corrected chi connectivity index (χ0v) is 9.99. The predicted octanol–water partition coefficient (Wildman–Crippen LogP) is 1.94. The lowest BCUT2D eigenvalue weighted by atomic mass is 10.4. The first-order valence-corrected chi connectivity index (χ1v) is 5.08. The van der Waals surface area contributed by atoms with E-state index in [0.29, 0.717) is 16.7 Å². The minimum atomic E-state index is 0.290. The van der Waals surface area contributed by atoms with Crippen molar-refractivity contribution in [2.75, 3.05) is 7.11 Å². The zero-order valence-electron chi connectivity index (χ0n) is 9.23. The van der Waals surface area contributed by atoms with Gasteiger partial charge in [-0.3, -0.25) is 4.57 Å². The fourth-order valence-electron chi connectivity index (χ4n) is 1.40. The van der Waals surface area contributed by atoms with E-state index in [1.165, 1.54) is 13.4 Å². The summed E-state index contributed by atoms with van der Waals surface area (Å²) in [7, 11) is 1.53. The average molecular weight is 239 g/mol. The molecule has 0 saturated carbocycles. The summed E-state index contributed by atoms with van der Waals surface area (Å²) in [5, 5.41) is 0.290. The van der Waals surface area contributed by atoms with Crippen molar-refractivity contribution in [1.82, 2.24) is 19.5 Å². The van der Waals surface area contributed by atoms with E-state index in [4.69, 9.17) is 16.3 Å². The van der Waals surface area contributed by atoms with Crippen LogP contribution in [0.2, 0.25) is 5.15 Å². The van der Waals surface area contributed by atoms with E-state index in [-0.39, 0.29) is 0 Å². The van der Waals surface area contributed by atoms with Crippen molar-refractivity contribution < 1.29 is 4.74 Å². The van der Waals surface area contributed by atoms with E-state index < -0.39 is 0 Å². The molecule has 0 aliphatic rings. The molecule has 2 aromatic heterocycles. The highest BCUT2D eigenvalue weighted by Crippen LogP contribution is 2.28. The zero-order chi connectivity index (χ0) is 11.7. The van der Waals surface area contributed by atoms with Gasteiger partial charge in [0.25, 0.3) is 0 Å². The van der Waals surface area contributed by atoms with Crippen LogP contribution in [0, 0.1) is 13.8 Å². The van der Waals surface area contributed by atoms with Crippen LogP contribution >= 0.6 is 11.6 Å². The predicted molar refractivity (Wildman–Crippen MR) is 60.2 cm³/mol. The van der Waals surface area contributed by atoms with E-state index in [2.05, 4.69) is 15.0 Å². The van der Waals surface area contributed by atoms with Gasteiger partial charge in [-0.1, -0.05) is 11.6 Å². The molecule has 16 heavy (non-hydrogen) atoms. The Bertz CT molecular complexity index is 524. The molecule has 0 bridgehead atoms. The number of halogens is 1. The molecular weight excluding hydrogens is 228 g/mol. The summed E-state index contributed by atoms with van der Waals surface area (Å²) in [6.07, 6.45) is 3.08. The number of hydrogen-bond acceptors (Lipinski definition) is 4. The van der Waals surface area contributed by atoms with Crippen molar-refractivity contribution in [2.45, 2.75) is 13.8 Å². The topological polar surface area (TPSA) is 52.8 Å². The third-order valence-electron chi connectivity index (χ3n) is 2.43. The van der Waals surface area contributed by atoms with Gasteiger partial charge >= 0.3 is 0 Å². The monoisotopic (exact) mass is 238 g/mol. The summed E-state index contributed by atoms with van der Waals surface area (Å²) in [5.74, 6) is 1.05. The van der Waals surface area contributed by atoms with Crippen LogP contribution in [0.25, 0.3) is 5.82 Å². The largest absolute Gasteiger partial charge is 0.490 e. The van der Waals surface area contributed by atoms with E-state index in [9.17, 15) is 0 Å². The fourth-order valence-corrected chi connectivity index (χ4v) is 1.61. The molecule has 0 aliphatic heterocycles. The molecule has 2 heterocycles. The molecule has 0 amide bonds. The standard InChI is InChI=1S/C10H11ClN4O/c1-6-7(2)15(5-14-6)10-8(16-3)9(11)12-4-13-10/h4-5H,1-3H3. The van der Waals surface area contributed by atoms with Crippen LogP contribution in [0.15, 0.2) is 12.7 Å². The molecule has 0 fully saturated rings. The Morgan fingerprint density at radius 3 is 2.56 bits per heavy atom. The van der Waals surface area contributed by atoms with Crippen LogP contribution in [0.1, 0.15) is 11.4 Å². The van der Waals surface area contributed by atoms with Crippen molar-refractivity contribution in [1.29, 1.82) is 0 Å². The molecule has 0 unspecified atom stereocenters. The number of aromatic nitrogens is 4. The Morgan fingerprint density at radius 1 is 1.25 bits per heavy atom. The van der Waals surface area contributed by atoms with Crippen molar-refractivity contribution >= 4 is 11.6 Å². The highest BCUT2D eigenvalue weighted by Gasteiger charge is 2.14. The lowest BCUT2D eigenvalue weighted by Gasteiger charge is -2.09. The SMILES string of the molecule is COc1c(Cl)ncnc1-n1cnc(C)c1C. The number of hydrogen-bond donors (Lipinski definition) is 0. The summed E-state index contributed by atoms with van der Waals surface area (Å²) < 4.78 is 7.01. The second kappa shape index (κ2) is 4.09. The molecule has 6 heteroatoms. The number of imidazole rings is 1. The highest BCUT2D eigenvalue weighted by molar-refractivity contribution is 6.31. The number of rotatable bonds is 2. The minimum Gasteiger partial charge on any atom is -0.490 e. The summed E-state index contributed by atoms with van der Waals surface area (Å²) in [6.45, 7) is 3.89. The van der Waals surface area contributed by atoms with Crippen molar-refractivity contribution in [3.05, 3.63) is 29.2 Å². The van der Waals surface area contributed by atoms with Gasteiger partial charge in [-0.25, -0.2) is 15.0 Å². The Morgan fingerprint density at radius 2 is 2.00 bits per heavy atom. The number of ether oxygens (including phenoxy) is 1. The van der Waals surface area contributed by atoms with Gasteiger partial charge in [0, 0.05) is 5.69 Å². The first-order chi connectivity index (χ1) is 7.65. The molecule has 0 spiro atoms. The van der Waals surface area contributed by atoms with Gasteiger partial charge < -0.3 is 4.74 Å². The van der Waals surface area contributed by atoms with Crippen LogP contribution in [0.5, 0.6) is 5.75 Å². The fraction of sp³-hybridized carbons (Fsp3) is 0.300. The number of nitrogens with zero attached hydrogens (tertiary/aromatic N) is 4. The lowest BCUT2D eigenvalue weighted by molar-refractivity contribution is 0.408. The normalized spacial score (nSPS) is 10.5. The maximum Gasteiger partial charge on any atom is 0.199 e. The average Bonchev–Trinajstić information content (AvgIpc) is 2.59. The highest BCUT2D eigenvalue weighted by atomic mass is 35.5. The quantitative estimate of drug-likeness (QED) is 0.751. The molecular formula is C10H11ClN4O. The van der Waals surface area contributed by atoms with Gasteiger partial charge in [0.15, 0.2) is 16.7 Å². The summed E-state index contributed by atoms with van der Waals surface area (Å²) in [6, 6.07) is 0. The van der Waals surface area contributed by atoms with Gasteiger partial charge in [-0.2, -0.15) is 0 Å². The van der Waals surface area contributed by atoms with Crippen molar-refractivity contribution in [3.8, 4) is 11.6 Å². The second-order valence-corrected chi connectivity index (χ2v) is 3.66. The van der Waals surface area contributed by atoms with E-state index >= 15 is 0 Å². The molecule has 84 valence electrons. The molecule has 2 aromatic rings. The van der Waals surface area contributed by atoms with Crippen LogP contribution in [-0.2, 0) is 0 Å². The second-order valence-electron chi connectivity index (χ2n) is 3.31. The smallest absolute Gasteiger partial charge is 0.199 e. The molecule has 0 aliphatic carbocycles. The Labute approximate surface area is 98.1 Å². The summed E-state index contributed by atoms with van der Waals surface area (Å²) in [5.41, 5.74) is 1.94. The number of methoxy groups -OCH3 is 1. The van der Waals surface area contributed by atoms with Crippen molar-refractivity contribution in [2.24, 2.45) is 0 Å². The van der Waals surface area contributed by atoms with Gasteiger partial charge in [0.1, 0.15) is 12.7 Å². The van der Waals surface area contributed by atoms with Gasteiger partial charge in [0.05, 0.1) is 12.8 Å². The number of aryl methyl sites for hydroxylation is 1. The van der Waals surface area contributed by atoms with E-state index in [1.807, 2.05) is 18.4 Å². The van der Waals surface area contributed by atoms with E-state index in [1.54, 1.807) is 6.33 Å². The molecule has 0 atom stereocenters. The molecule has 0 saturated heterocycles. The van der Waals surface area contributed by atoms with Gasteiger partial charge in [-0.15, -0.1) is 0 Å². The third-order valence-corrected chi connectivity index (χ3v) is 2.69. The third kappa shape index (κ3) is 1.63. The maximum atomic E-state index is 5.93. The summed E-state index contributed by atoms with van der Waals surface area (Å²) >= 11 is 5.93. The Hall–Kier alpha value is -1.62. The molecule has 0 aromatic carbocycles. The van der Waals surface area contributed by atoms with Crippen LogP contribution in [0.3, 0.4) is 0 Å². The van der Waals surface area contributed by atoms with E-state index in [0.717, 1.165) is 11.4 Å². The van der Waals surface area contributed by atoms with Crippen LogP contribution in [-0.4, -0.2) is 26.6 Å². The molecule has 2 rings (SSSR count). The first-order valence-electron chi connectivity index (χ1n) is 4.70. The van der Waals surface area contributed by atoms with Crippen molar-refractivity contribution in [3.63, 3.8) is 0 Å². The van der Waals surface area contributed by atoms with Gasteiger partial charge in [0.2, 0.25) is 0 Å². The van der Waals surface area contributed by atoms with Crippen LogP contribution < -0.4 is 4.74 Å². The molecule has 0 N–H and O–H groups in total. The molecule has 0 radical (unpaired) electrons. The summed E-state index contributed by atoms with van der Waals surface area (Å²) in [4.78, 5) is 12.2. The lowest BCUT2D eigenvalue weighted by Crippen LogP contribution is -2.03. The van der Waals surface area contributed by atoms with Gasteiger partial charge in [-0.05, 0) is 13.8 Å². The minimum absolute atomic E-state index is 0.290. The molecule has 5 nitrogen and oxygen atoms in total. The van der Waals surface area contributed by atoms with Crippen LogP contribution in [0.4, 0.5) is 0 Å².